The van der Waals surface area contributed by atoms with E-state index in [1.807, 2.05) is 12.1 Å². The Balaban J connectivity index is 2.64. The quantitative estimate of drug-likeness (QED) is 0.669. The van der Waals surface area contributed by atoms with Crippen molar-refractivity contribution >= 4 is 11.6 Å². The third-order valence-corrected chi connectivity index (χ3v) is 1.74. The molecule has 0 aliphatic carbocycles. The largest absolute Gasteiger partial charge is 0.352 e. The molecule has 5 nitrogen and oxygen atoms in total. The van der Waals surface area contributed by atoms with Crippen molar-refractivity contribution in [3.63, 3.8) is 0 Å². The molecule has 0 fully saturated rings. The van der Waals surface area contributed by atoms with Crippen LogP contribution in [0.15, 0.2) is 24.4 Å². The molecule has 0 spiro atoms. The van der Waals surface area contributed by atoms with Crippen LogP contribution in [0.5, 0.6) is 0 Å². The summed E-state index contributed by atoms with van der Waals surface area (Å²) in [4.78, 5) is 11.3. The molecule has 0 unspecified atom stereocenters. The highest BCUT2D eigenvalue weighted by Gasteiger charge is 2.10. The number of nitrogens with zero attached hydrogens (tertiary/aromatic N) is 3. The molecule has 0 aromatic carbocycles. The molecule has 0 atom stereocenters. The molecular weight excluding hydrogens is 168 g/mol. The number of rotatable bonds is 1. The van der Waals surface area contributed by atoms with E-state index in [1.54, 1.807) is 23.7 Å². The Bertz CT molecular complexity index is 448. The van der Waals surface area contributed by atoms with E-state index in [1.165, 1.54) is 0 Å². The van der Waals surface area contributed by atoms with E-state index in [4.69, 9.17) is 0 Å². The lowest BCUT2D eigenvalue weighted by Gasteiger charge is -1.96. The molecule has 0 bridgehead atoms. The van der Waals surface area contributed by atoms with E-state index in [0.29, 0.717) is 11.5 Å². The lowest BCUT2D eigenvalue weighted by molar-refractivity contribution is 0.0951. The van der Waals surface area contributed by atoms with Crippen LogP contribution in [-0.2, 0) is 0 Å². The first-order valence-electron chi connectivity index (χ1n) is 3.85. The fourth-order valence-electron chi connectivity index (χ4n) is 1.11. The first-order valence-corrected chi connectivity index (χ1v) is 3.85. The molecule has 2 rings (SSSR count). The van der Waals surface area contributed by atoms with E-state index in [-0.39, 0.29) is 5.91 Å². The summed E-state index contributed by atoms with van der Waals surface area (Å²) in [5, 5.41) is 10.1. The first kappa shape index (κ1) is 7.72. The van der Waals surface area contributed by atoms with Crippen LogP contribution in [0.25, 0.3) is 5.65 Å². The third kappa shape index (κ3) is 1.14. The molecule has 2 aromatic rings. The minimum Gasteiger partial charge on any atom is -0.352 e. The number of nitrogens with one attached hydrogen (secondary N) is 1. The zero-order chi connectivity index (χ0) is 9.26. The lowest BCUT2D eigenvalue weighted by Crippen LogP contribution is -2.20. The standard InChI is InChI=1S/C8H8N4O/c1-9-8(13)7-11-10-6-4-2-3-5-12(6)7/h2-5H,1H3,(H,9,13). The molecule has 66 valence electrons. The molecule has 1 amide bonds. The van der Waals surface area contributed by atoms with Crippen molar-refractivity contribution in [3.8, 4) is 0 Å². The Hall–Kier alpha value is -1.91. The molecule has 2 heterocycles. The molecule has 1 N–H and O–H groups in total. The molecular formula is C8H8N4O. The average Bonchev–Trinajstić information content (AvgIpc) is 2.60. The number of pyridine rings is 1. The molecule has 2 aromatic heterocycles. The second-order valence-electron chi connectivity index (χ2n) is 2.53. The van der Waals surface area contributed by atoms with Gasteiger partial charge in [-0.2, -0.15) is 0 Å². The Labute approximate surface area is 74.4 Å². The van der Waals surface area contributed by atoms with Gasteiger partial charge in [-0.25, -0.2) is 0 Å². The van der Waals surface area contributed by atoms with Crippen molar-refractivity contribution in [1.82, 2.24) is 19.9 Å². The van der Waals surface area contributed by atoms with Gasteiger partial charge in [-0.15, -0.1) is 10.2 Å². The topological polar surface area (TPSA) is 59.3 Å². The van der Waals surface area contributed by atoms with Crippen molar-refractivity contribution in [2.24, 2.45) is 0 Å². The predicted octanol–water partition coefficient (Wildman–Crippen LogP) is 0.0889. The second kappa shape index (κ2) is 2.85. The molecule has 0 aliphatic heterocycles. The average molecular weight is 176 g/mol. The molecule has 0 aliphatic rings. The van der Waals surface area contributed by atoms with Crippen LogP contribution in [0.1, 0.15) is 10.6 Å². The van der Waals surface area contributed by atoms with Gasteiger partial charge in [0.15, 0.2) is 5.65 Å². The van der Waals surface area contributed by atoms with Crippen LogP contribution < -0.4 is 5.32 Å². The Morgan fingerprint density at radius 2 is 2.31 bits per heavy atom. The maximum Gasteiger partial charge on any atom is 0.289 e. The first-order chi connectivity index (χ1) is 6.33. The fourth-order valence-corrected chi connectivity index (χ4v) is 1.11. The third-order valence-electron chi connectivity index (χ3n) is 1.74. The van der Waals surface area contributed by atoms with Gasteiger partial charge in [0, 0.05) is 13.2 Å². The number of hydrogen-bond acceptors (Lipinski definition) is 3. The van der Waals surface area contributed by atoms with E-state index < -0.39 is 0 Å². The predicted molar refractivity (Wildman–Crippen MR) is 46.4 cm³/mol. The van der Waals surface area contributed by atoms with Crippen molar-refractivity contribution in [3.05, 3.63) is 30.2 Å². The summed E-state index contributed by atoms with van der Waals surface area (Å²) in [6.07, 6.45) is 1.75. The highest BCUT2D eigenvalue weighted by atomic mass is 16.2. The summed E-state index contributed by atoms with van der Waals surface area (Å²) in [6.45, 7) is 0. The highest BCUT2D eigenvalue weighted by Crippen LogP contribution is 2.01. The zero-order valence-corrected chi connectivity index (χ0v) is 7.06. The minimum atomic E-state index is -0.237. The van der Waals surface area contributed by atoms with Crippen LogP contribution in [0.2, 0.25) is 0 Å². The van der Waals surface area contributed by atoms with Gasteiger partial charge in [0.1, 0.15) is 0 Å². The monoisotopic (exact) mass is 176 g/mol. The van der Waals surface area contributed by atoms with Gasteiger partial charge in [0.25, 0.3) is 5.91 Å². The van der Waals surface area contributed by atoms with Gasteiger partial charge in [-0.1, -0.05) is 6.07 Å². The molecule has 0 saturated heterocycles. The minimum absolute atomic E-state index is 0.237. The van der Waals surface area contributed by atoms with Crippen molar-refractivity contribution in [1.29, 1.82) is 0 Å². The second-order valence-corrected chi connectivity index (χ2v) is 2.53. The SMILES string of the molecule is CNC(=O)c1nnc2ccccn12. The van der Waals surface area contributed by atoms with Gasteiger partial charge in [-0.3, -0.25) is 9.20 Å². The molecule has 0 saturated carbocycles. The molecule has 13 heavy (non-hydrogen) atoms. The number of fused-ring (bicyclic) bond motifs is 1. The number of amides is 1. The van der Waals surface area contributed by atoms with Crippen LogP contribution in [0, 0.1) is 0 Å². The maximum absolute atomic E-state index is 11.3. The van der Waals surface area contributed by atoms with Gasteiger partial charge in [0.05, 0.1) is 0 Å². The number of carbonyl (C=O) groups excluding carboxylic acids is 1. The summed E-state index contributed by atoms with van der Waals surface area (Å²) in [5.41, 5.74) is 0.668. The lowest BCUT2D eigenvalue weighted by atomic mass is 10.4. The smallest absolute Gasteiger partial charge is 0.289 e. The number of aromatic nitrogens is 3. The Morgan fingerprint density at radius 3 is 3.08 bits per heavy atom. The van der Waals surface area contributed by atoms with Crippen LogP contribution in [0.4, 0.5) is 0 Å². The van der Waals surface area contributed by atoms with Gasteiger partial charge in [0.2, 0.25) is 5.82 Å². The van der Waals surface area contributed by atoms with E-state index in [9.17, 15) is 4.79 Å². The summed E-state index contributed by atoms with van der Waals surface area (Å²) < 4.78 is 1.64. The van der Waals surface area contributed by atoms with Gasteiger partial charge < -0.3 is 5.32 Å². The summed E-state index contributed by atoms with van der Waals surface area (Å²) in [6, 6.07) is 5.46. The van der Waals surface area contributed by atoms with E-state index >= 15 is 0 Å². The fraction of sp³-hybridized carbons (Fsp3) is 0.125. The summed E-state index contributed by atoms with van der Waals surface area (Å²) in [5.74, 6) is 0.0665. The van der Waals surface area contributed by atoms with E-state index in [2.05, 4.69) is 15.5 Å². The van der Waals surface area contributed by atoms with Gasteiger partial charge in [-0.05, 0) is 12.1 Å². The molecule has 5 heteroatoms. The molecule has 0 radical (unpaired) electrons. The van der Waals surface area contributed by atoms with Crippen LogP contribution in [-0.4, -0.2) is 27.6 Å². The van der Waals surface area contributed by atoms with E-state index in [0.717, 1.165) is 0 Å². The number of carbonyl (C=O) groups is 1. The zero-order valence-electron chi connectivity index (χ0n) is 7.06. The maximum atomic E-state index is 11.3. The van der Waals surface area contributed by atoms with Gasteiger partial charge >= 0.3 is 0 Å². The Kier molecular flexibility index (Phi) is 1.70. The Morgan fingerprint density at radius 1 is 1.46 bits per heavy atom. The van der Waals surface area contributed by atoms with Crippen molar-refractivity contribution < 1.29 is 4.79 Å². The number of hydrogen-bond donors (Lipinski definition) is 1. The normalized spacial score (nSPS) is 10.2. The van der Waals surface area contributed by atoms with Crippen molar-refractivity contribution in [2.45, 2.75) is 0 Å². The summed E-state index contributed by atoms with van der Waals surface area (Å²) in [7, 11) is 1.56. The van der Waals surface area contributed by atoms with Crippen LogP contribution in [0.3, 0.4) is 0 Å². The highest BCUT2D eigenvalue weighted by molar-refractivity contribution is 5.91. The summed E-state index contributed by atoms with van der Waals surface area (Å²) >= 11 is 0. The van der Waals surface area contributed by atoms with Crippen LogP contribution >= 0.6 is 0 Å². The van der Waals surface area contributed by atoms with Crippen molar-refractivity contribution in [2.75, 3.05) is 7.05 Å².